The van der Waals surface area contributed by atoms with Crippen LogP contribution >= 0.6 is 0 Å². The van der Waals surface area contributed by atoms with Gasteiger partial charge in [-0.15, -0.1) is 10.2 Å². The SMILES string of the molecule is COCC(O)CCNC(=O)c1ccc(-c2nnco2)cc1. The first-order valence-corrected chi connectivity index (χ1v) is 6.52. The van der Waals surface area contributed by atoms with Crippen LogP contribution in [0.15, 0.2) is 35.1 Å². The highest BCUT2D eigenvalue weighted by atomic mass is 16.5. The molecule has 1 unspecified atom stereocenters. The lowest BCUT2D eigenvalue weighted by Gasteiger charge is -2.10. The van der Waals surface area contributed by atoms with E-state index >= 15 is 0 Å². The predicted molar refractivity (Wildman–Crippen MR) is 74.6 cm³/mol. The van der Waals surface area contributed by atoms with Crippen molar-refractivity contribution in [3.8, 4) is 11.5 Å². The van der Waals surface area contributed by atoms with E-state index in [4.69, 9.17) is 9.15 Å². The topological polar surface area (TPSA) is 97.5 Å². The summed E-state index contributed by atoms with van der Waals surface area (Å²) in [5, 5.41) is 19.6. The van der Waals surface area contributed by atoms with E-state index in [2.05, 4.69) is 15.5 Å². The number of hydrogen-bond donors (Lipinski definition) is 2. The van der Waals surface area contributed by atoms with Crippen molar-refractivity contribution in [2.24, 2.45) is 0 Å². The number of aliphatic hydroxyl groups is 1. The Morgan fingerprint density at radius 3 is 2.81 bits per heavy atom. The number of amides is 1. The number of benzene rings is 1. The van der Waals surface area contributed by atoms with Gasteiger partial charge in [0.05, 0.1) is 12.7 Å². The fraction of sp³-hybridized carbons (Fsp3) is 0.357. The van der Waals surface area contributed by atoms with Gasteiger partial charge in [-0.25, -0.2) is 0 Å². The van der Waals surface area contributed by atoms with Crippen LogP contribution in [0.4, 0.5) is 0 Å². The number of rotatable bonds is 7. The first-order chi connectivity index (χ1) is 10.2. The van der Waals surface area contributed by atoms with E-state index in [-0.39, 0.29) is 12.5 Å². The van der Waals surface area contributed by atoms with Crippen LogP contribution < -0.4 is 5.32 Å². The highest BCUT2D eigenvalue weighted by molar-refractivity contribution is 5.94. The number of hydrogen-bond acceptors (Lipinski definition) is 6. The molecule has 0 fully saturated rings. The molecular formula is C14H17N3O4. The molecule has 2 aromatic rings. The molecule has 21 heavy (non-hydrogen) atoms. The summed E-state index contributed by atoms with van der Waals surface area (Å²) in [6.07, 6.45) is 1.12. The third kappa shape index (κ3) is 4.37. The summed E-state index contributed by atoms with van der Waals surface area (Å²) in [6.45, 7) is 0.642. The molecule has 1 amide bonds. The van der Waals surface area contributed by atoms with Crippen molar-refractivity contribution in [2.45, 2.75) is 12.5 Å². The normalized spacial score (nSPS) is 12.1. The Morgan fingerprint density at radius 1 is 1.43 bits per heavy atom. The standard InChI is InChI=1S/C14H17N3O4/c1-20-8-12(18)6-7-15-13(19)10-2-4-11(5-3-10)14-17-16-9-21-14/h2-5,9,12,18H,6-8H2,1H3,(H,15,19). The molecule has 1 aromatic carbocycles. The zero-order valence-corrected chi connectivity index (χ0v) is 11.7. The minimum Gasteiger partial charge on any atom is -0.423 e. The van der Waals surface area contributed by atoms with Crippen LogP contribution in [0.1, 0.15) is 16.8 Å². The molecule has 0 saturated carbocycles. The summed E-state index contributed by atoms with van der Waals surface area (Å²) in [7, 11) is 1.52. The Labute approximate surface area is 121 Å². The van der Waals surface area contributed by atoms with Crippen LogP contribution in [0.25, 0.3) is 11.5 Å². The Hall–Kier alpha value is -2.25. The van der Waals surface area contributed by atoms with Gasteiger partial charge in [-0.05, 0) is 30.7 Å². The van der Waals surface area contributed by atoms with Crippen LogP contribution in [0.3, 0.4) is 0 Å². The largest absolute Gasteiger partial charge is 0.423 e. The zero-order chi connectivity index (χ0) is 15.1. The van der Waals surface area contributed by atoms with E-state index in [9.17, 15) is 9.90 Å². The van der Waals surface area contributed by atoms with E-state index < -0.39 is 6.10 Å². The minimum absolute atomic E-state index is 0.198. The smallest absolute Gasteiger partial charge is 0.251 e. The van der Waals surface area contributed by atoms with Crippen molar-refractivity contribution >= 4 is 5.91 Å². The second kappa shape index (κ2) is 7.51. The molecule has 2 rings (SSSR count). The molecule has 0 bridgehead atoms. The lowest BCUT2D eigenvalue weighted by Crippen LogP contribution is -2.28. The Bertz CT molecular complexity index is 554. The summed E-state index contributed by atoms with van der Waals surface area (Å²) in [5.41, 5.74) is 1.28. The maximum absolute atomic E-state index is 11.9. The van der Waals surface area contributed by atoms with Crippen LogP contribution in [-0.4, -0.2) is 47.6 Å². The number of carbonyl (C=O) groups excluding carboxylic acids is 1. The number of carbonyl (C=O) groups is 1. The third-order valence-corrected chi connectivity index (χ3v) is 2.88. The molecule has 7 nitrogen and oxygen atoms in total. The monoisotopic (exact) mass is 291 g/mol. The van der Waals surface area contributed by atoms with Gasteiger partial charge in [-0.2, -0.15) is 0 Å². The summed E-state index contributed by atoms with van der Waals surface area (Å²) in [6, 6.07) is 6.84. The van der Waals surface area contributed by atoms with E-state index in [1.165, 1.54) is 13.5 Å². The minimum atomic E-state index is -0.574. The first kappa shape index (κ1) is 15.1. The predicted octanol–water partition coefficient (Wildman–Crippen LogP) is 0.864. The maximum Gasteiger partial charge on any atom is 0.251 e. The Morgan fingerprint density at radius 2 is 2.19 bits per heavy atom. The molecule has 0 saturated heterocycles. The van der Waals surface area contributed by atoms with Crippen molar-refractivity contribution in [2.75, 3.05) is 20.3 Å². The average Bonchev–Trinajstić information content (AvgIpc) is 3.02. The van der Waals surface area contributed by atoms with Crippen molar-refractivity contribution in [1.29, 1.82) is 0 Å². The number of nitrogens with zero attached hydrogens (tertiary/aromatic N) is 2. The molecule has 1 heterocycles. The van der Waals surface area contributed by atoms with Crippen LogP contribution in [0.5, 0.6) is 0 Å². The Kier molecular flexibility index (Phi) is 5.42. The van der Waals surface area contributed by atoms with Crippen molar-refractivity contribution in [3.05, 3.63) is 36.2 Å². The van der Waals surface area contributed by atoms with Crippen molar-refractivity contribution in [1.82, 2.24) is 15.5 Å². The second-order valence-corrected chi connectivity index (χ2v) is 4.47. The van der Waals surface area contributed by atoms with Crippen molar-refractivity contribution < 1.29 is 19.1 Å². The fourth-order valence-corrected chi connectivity index (χ4v) is 1.79. The number of aliphatic hydroxyl groups excluding tert-OH is 1. The van der Waals surface area contributed by atoms with Gasteiger partial charge < -0.3 is 19.6 Å². The molecule has 112 valence electrons. The van der Waals surface area contributed by atoms with Gasteiger partial charge in [-0.3, -0.25) is 4.79 Å². The molecule has 0 radical (unpaired) electrons. The summed E-state index contributed by atoms with van der Waals surface area (Å²) in [4.78, 5) is 11.9. The number of aromatic nitrogens is 2. The summed E-state index contributed by atoms with van der Waals surface area (Å²) < 4.78 is 9.88. The van der Waals surface area contributed by atoms with Gasteiger partial charge in [0, 0.05) is 24.8 Å². The highest BCUT2D eigenvalue weighted by Gasteiger charge is 2.09. The summed E-state index contributed by atoms with van der Waals surface area (Å²) >= 11 is 0. The zero-order valence-electron chi connectivity index (χ0n) is 11.7. The lowest BCUT2D eigenvalue weighted by atomic mass is 10.1. The molecule has 0 aliphatic heterocycles. The summed E-state index contributed by atoms with van der Waals surface area (Å²) in [5.74, 6) is 0.210. The van der Waals surface area contributed by atoms with Crippen LogP contribution in [-0.2, 0) is 4.74 Å². The molecule has 0 aliphatic carbocycles. The van der Waals surface area contributed by atoms with E-state index in [1.807, 2.05) is 0 Å². The lowest BCUT2D eigenvalue weighted by molar-refractivity contribution is 0.0587. The highest BCUT2D eigenvalue weighted by Crippen LogP contribution is 2.16. The third-order valence-electron chi connectivity index (χ3n) is 2.88. The van der Waals surface area contributed by atoms with Gasteiger partial charge in [-0.1, -0.05) is 0 Å². The average molecular weight is 291 g/mol. The quantitative estimate of drug-likeness (QED) is 0.785. The molecule has 1 atom stereocenters. The molecule has 1 aromatic heterocycles. The molecule has 0 spiro atoms. The second-order valence-electron chi connectivity index (χ2n) is 4.47. The van der Waals surface area contributed by atoms with E-state index in [1.54, 1.807) is 24.3 Å². The first-order valence-electron chi connectivity index (χ1n) is 6.52. The molecule has 2 N–H and O–H groups in total. The van der Waals surface area contributed by atoms with E-state index in [0.29, 0.717) is 24.4 Å². The van der Waals surface area contributed by atoms with Gasteiger partial charge in [0.25, 0.3) is 5.91 Å². The van der Waals surface area contributed by atoms with Gasteiger partial charge in [0.2, 0.25) is 12.3 Å². The van der Waals surface area contributed by atoms with Gasteiger partial charge in [0.15, 0.2) is 0 Å². The fourth-order valence-electron chi connectivity index (χ4n) is 1.79. The number of nitrogens with one attached hydrogen (secondary N) is 1. The molecular weight excluding hydrogens is 274 g/mol. The Balaban J connectivity index is 1.85. The molecule has 7 heteroatoms. The maximum atomic E-state index is 11.9. The van der Waals surface area contributed by atoms with Gasteiger partial charge in [0.1, 0.15) is 0 Å². The number of methoxy groups -OCH3 is 1. The van der Waals surface area contributed by atoms with Crippen LogP contribution in [0.2, 0.25) is 0 Å². The van der Waals surface area contributed by atoms with E-state index in [0.717, 1.165) is 5.56 Å². The van der Waals surface area contributed by atoms with Gasteiger partial charge >= 0.3 is 0 Å². The van der Waals surface area contributed by atoms with Crippen LogP contribution in [0, 0.1) is 0 Å². The number of ether oxygens (including phenoxy) is 1. The van der Waals surface area contributed by atoms with Crippen molar-refractivity contribution in [3.63, 3.8) is 0 Å². The molecule has 0 aliphatic rings.